The van der Waals surface area contributed by atoms with Crippen molar-refractivity contribution in [2.45, 2.75) is 19.8 Å². The van der Waals surface area contributed by atoms with Gasteiger partial charge in [0.1, 0.15) is 0 Å². The third-order valence-electron chi connectivity index (χ3n) is 4.32. The molecule has 1 N–H and O–H groups in total. The molecule has 0 bridgehead atoms. The highest BCUT2D eigenvalue weighted by atomic mass is 32.2. The first-order chi connectivity index (χ1) is 11.4. The van der Waals surface area contributed by atoms with Gasteiger partial charge in [0.2, 0.25) is 5.78 Å². The minimum atomic E-state index is -3.02. The lowest BCUT2D eigenvalue weighted by atomic mass is 10.1. The zero-order valence-corrected chi connectivity index (χ0v) is 14.2. The minimum absolute atomic E-state index is 0.0254. The molecule has 0 spiro atoms. The van der Waals surface area contributed by atoms with Crippen molar-refractivity contribution >= 4 is 32.5 Å². The van der Waals surface area contributed by atoms with E-state index >= 15 is 0 Å². The second kappa shape index (κ2) is 6.39. The fourth-order valence-corrected chi connectivity index (χ4v) is 5.04. The monoisotopic (exact) mass is 349 g/mol. The van der Waals surface area contributed by atoms with E-state index in [9.17, 15) is 18.0 Å². The Kier molecular flexibility index (Phi) is 4.45. The number of ether oxygens (including phenoxy) is 1. The number of sulfone groups is 1. The molecule has 0 saturated carbocycles. The molecular weight excluding hydrogens is 330 g/mol. The third kappa shape index (κ3) is 3.51. The van der Waals surface area contributed by atoms with Gasteiger partial charge in [-0.15, -0.1) is 0 Å². The van der Waals surface area contributed by atoms with Crippen molar-refractivity contribution in [3.8, 4) is 0 Å². The first-order valence-corrected chi connectivity index (χ1v) is 9.64. The molecule has 0 aliphatic carbocycles. The Morgan fingerprint density at radius 2 is 2.04 bits per heavy atom. The molecule has 1 aromatic carbocycles. The maximum atomic E-state index is 12.4. The second-order valence-corrected chi connectivity index (χ2v) is 8.46. The van der Waals surface area contributed by atoms with E-state index < -0.39 is 15.8 Å². The van der Waals surface area contributed by atoms with Crippen molar-refractivity contribution in [2.75, 3.05) is 18.1 Å². The van der Waals surface area contributed by atoms with E-state index in [2.05, 4.69) is 4.98 Å². The van der Waals surface area contributed by atoms with Crippen LogP contribution in [0.4, 0.5) is 0 Å². The van der Waals surface area contributed by atoms with Gasteiger partial charge in [-0.2, -0.15) is 0 Å². The molecule has 1 aliphatic rings. The maximum absolute atomic E-state index is 12.4. The number of H-pyrrole nitrogens is 1. The quantitative estimate of drug-likeness (QED) is 0.658. The molecule has 0 amide bonds. The number of carbonyl (C=O) groups excluding carboxylic acids is 2. The van der Waals surface area contributed by atoms with Crippen LogP contribution in [0.1, 0.15) is 28.9 Å². The summed E-state index contributed by atoms with van der Waals surface area (Å²) in [6, 6.07) is 7.45. The Hall–Kier alpha value is -2.15. The fourth-order valence-electron chi connectivity index (χ4n) is 3.18. The summed E-state index contributed by atoms with van der Waals surface area (Å²) in [5.74, 6) is -0.844. The van der Waals surface area contributed by atoms with Gasteiger partial charge in [0.05, 0.1) is 11.5 Å². The number of hydrogen-bond donors (Lipinski definition) is 1. The van der Waals surface area contributed by atoms with Gasteiger partial charge in [-0.25, -0.2) is 8.42 Å². The van der Waals surface area contributed by atoms with Crippen LogP contribution in [-0.4, -0.2) is 43.3 Å². The van der Waals surface area contributed by atoms with Crippen LogP contribution in [0.3, 0.4) is 0 Å². The Morgan fingerprint density at radius 1 is 1.29 bits per heavy atom. The molecule has 3 rings (SSSR count). The number of nitrogens with one attached hydrogen (secondary N) is 1. The number of fused-ring (bicyclic) bond motifs is 1. The average Bonchev–Trinajstić information content (AvgIpc) is 3.03. The molecule has 0 unspecified atom stereocenters. The molecule has 1 aliphatic heterocycles. The van der Waals surface area contributed by atoms with E-state index in [0.29, 0.717) is 12.0 Å². The van der Waals surface area contributed by atoms with E-state index in [0.717, 1.165) is 16.6 Å². The summed E-state index contributed by atoms with van der Waals surface area (Å²) in [4.78, 5) is 27.4. The molecule has 1 atom stereocenters. The lowest BCUT2D eigenvalue weighted by Gasteiger charge is -2.08. The van der Waals surface area contributed by atoms with Crippen molar-refractivity contribution in [3.63, 3.8) is 0 Å². The maximum Gasteiger partial charge on any atom is 0.306 e. The van der Waals surface area contributed by atoms with Gasteiger partial charge in [-0.1, -0.05) is 18.2 Å². The number of aromatic nitrogens is 1. The summed E-state index contributed by atoms with van der Waals surface area (Å²) in [7, 11) is -3.02. The number of esters is 1. The van der Waals surface area contributed by atoms with Crippen molar-refractivity contribution < 1.29 is 22.7 Å². The summed E-state index contributed by atoms with van der Waals surface area (Å²) in [6.45, 7) is 1.47. The number of para-hydroxylation sites is 1. The van der Waals surface area contributed by atoms with Crippen LogP contribution in [-0.2, 0) is 19.4 Å². The van der Waals surface area contributed by atoms with Crippen LogP contribution in [0.25, 0.3) is 10.9 Å². The summed E-state index contributed by atoms with van der Waals surface area (Å²) >= 11 is 0. The smallest absolute Gasteiger partial charge is 0.306 e. The van der Waals surface area contributed by atoms with Gasteiger partial charge < -0.3 is 9.72 Å². The van der Waals surface area contributed by atoms with Crippen molar-refractivity contribution in [1.82, 2.24) is 4.98 Å². The largest absolute Gasteiger partial charge is 0.457 e. The molecule has 6 nitrogen and oxygen atoms in total. The fraction of sp³-hybridized carbons (Fsp3) is 0.412. The molecule has 2 heterocycles. The Bertz CT molecular complexity index is 897. The first kappa shape index (κ1) is 16.7. The molecule has 128 valence electrons. The normalized spacial score (nSPS) is 19.5. The summed E-state index contributed by atoms with van der Waals surface area (Å²) in [5.41, 5.74) is 2.13. The zero-order chi connectivity index (χ0) is 17.3. The van der Waals surface area contributed by atoms with Gasteiger partial charge in [0, 0.05) is 28.6 Å². The second-order valence-electron chi connectivity index (χ2n) is 6.23. The predicted octanol–water partition coefficient (Wildman–Crippen LogP) is 2.03. The average molecular weight is 349 g/mol. The summed E-state index contributed by atoms with van der Waals surface area (Å²) in [5, 5.41) is 0.804. The number of Topliss-reactive ketones (excluding diaryl/α,β-unsaturated/α-hetero) is 1. The highest BCUT2D eigenvalue weighted by Gasteiger charge is 2.30. The van der Waals surface area contributed by atoms with Gasteiger partial charge >= 0.3 is 5.97 Å². The summed E-state index contributed by atoms with van der Waals surface area (Å²) in [6.07, 6.45) is 0.520. The predicted molar refractivity (Wildman–Crippen MR) is 89.7 cm³/mol. The first-order valence-electron chi connectivity index (χ1n) is 7.82. The van der Waals surface area contributed by atoms with E-state index in [1.165, 1.54) is 0 Å². The Balaban J connectivity index is 1.61. The van der Waals surface area contributed by atoms with Gasteiger partial charge in [-0.05, 0) is 25.3 Å². The molecule has 2 aromatic rings. The highest BCUT2D eigenvalue weighted by molar-refractivity contribution is 7.91. The Morgan fingerprint density at radius 3 is 2.75 bits per heavy atom. The number of benzene rings is 1. The molecule has 7 heteroatoms. The van der Waals surface area contributed by atoms with Crippen molar-refractivity contribution in [2.24, 2.45) is 5.92 Å². The topological polar surface area (TPSA) is 93.3 Å². The van der Waals surface area contributed by atoms with Gasteiger partial charge in [0.15, 0.2) is 16.4 Å². The van der Waals surface area contributed by atoms with Gasteiger partial charge in [0.25, 0.3) is 0 Å². The van der Waals surface area contributed by atoms with Crippen LogP contribution in [0.2, 0.25) is 0 Å². The van der Waals surface area contributed by atoms with E-state index in [-0.39, 0.29) is 36.2 Å². The lowest BCUT2D eigenvalue weighted by Crippen LogP contribution is -2.18. The number of aryl methyl sites for hydroxylation is 1. The number of ketones is 1. The number of aromatic amines is 1. The molecule has 1 saturated heterocycles. The Labute approximate surface area is 140 Å². The standard InChI is InChI=1S/C17H19NO5S/c1-11-17(13-4-2-3-5-14(13)18-11)15(19)9-23-16(20)8-12-6-7-24(21,22)10-12/h2-5,12,18H,6-10H2,1H3/t12-/m1/s1. The lowest BCUT2D eigenvalue weighted by molar-refractivity contribution is -0.143. The molecule has 1 aromatic heterocycles. The number of rotatable bonds is 5. The SMILES string of the molecule is Cc1[nH]c2ccccc2c1C(=O)COC(=O)C[C@H]1CCS(=O)(=O)C1. The van der Waals surface area contributed by atoms with E-state index in [4.69, 9.17) is 4.74 Å². The molecular formula is C17H19NO5S. The minimum Gasteiger partial charge on any atom is -0.457 e. The third-order valence-corrected chi connectivity index (χ3v) is 6.16. The zero-order valence-electron chi connectivity index (χ0n) is 13.4. The van der Waals surface area contributed by atoms with Crippen LogP contribution in [0.5, 0.6) is 0 Å². The van der Waals surface area contributed by atoms with E-state index in [1.807, 2.05) is 24.3 Å². The van der Waals surface area contributed by atoms with Crippen molar-refractivity contribution in [1.29, 1.82) is 0 Å². The number of hydrogen-bond acceptors (Lipinski definition) is 5. The van der Waals surface area contributed by atoms with Crippen LogP contribution < -0.4 is 0 Å². The number of carbonyl (C=O) groups is 2. The van der Waals surface area contributed by atoms with Crippen LogP contribution >= 0.6 is 0 Å². The van der Waals surface area contributed by atoms with E-state index in [1.54, 1.807) is 6.92 Å². The molecule has 1 fully saturated rings. The van der Waals surface area contributed by atoms with Crippen LogP contribution in [0, 0.1) is 12.8 Å². The van der Waals surface area contributed by atoms with Crippen LogP contribution in [0.15, 0.2) is 24.3 Å². The van der Waals surface area contributed by atoms with Gasteiger partial charge in [-0.3, -0.25) is 9.59 Å². The molecule has 24 heavy (non-hydrogen) atoms. The molecule has 0 radical (unpaired) electrons. The summed E-state index contributed by atoms with van der Waals surface area (Å²) < 4.78 is 27.9. The highest BCUT2D eigenvalue weighted by Crippen LogP contribution is 2.23. The van der Waals surface area contributed by atoms with Crippen molar-refractivity contribution in [3.05, 3.63) is 35.5 Å².